The SMILES string of the molecule is O=C(C=Cc1ccc(Cl)cc1)Nc1ccc2cn[nH]c2c1. The van der Waals surface area contributed by atoms with Crippen molar-refractivity contribution in [2.75, 3.05) is 5.32 Å². The first-order valence-electron chi connectivity index (χ1n) is 6.38. The van der Waals surface area contributed by atoms with Crippen LogP contribution in [0.1, 0.15) is 5.56 Å². The Labute approximate surface area is 126 Å². The number of carbonyl (C=O) groups excluding carboxylic acids is 1. The van der Waals surface area contributed by atoms with Gasteiger partial charge < -0.3 is 5.32 Å². The molecule has 104 valence electrons. The predicted molar refractivity (Wildman–Crippen MR) is 85.2 cm³/mol. The van der Waals surface area contributed by atoms with Crippen LogP contribution in [-0.2, 0) is 4.79 Å². The summed E-state index contributed by atoms with van der Waals surface area (Å²) in [6.07, 6.45) is 4.96. The minimum absolute atomic E-state index is 0.191. The van der Waals surface area contributed by atoms with E-state index in [1.165, 1.54) is 6.08 Å². The molecule has 4 nitrogen and oxygen atoms in total. The van der Waals surface area contributed by atoms with Gasteiger partial charge in [-0.2, -0.15) is 5.10 Å². The van der Waals surface area contributed by atoms with E-state index in [4.69, 9.17) is 11.6 Å². The Kier molecular flexibility index (Phi) is 3.71. The number of hydrogen-bond acceptors (Lipinski definition) is 2. The highest BCUT2D eigenvalue weighted by molar-refractivity contribution is 6.30. The molecule has 0 aliphatic rings. The molecule has 1 amide bonds. The van der Waals surface area contributed by atoms with E-state index in [-0.39, 0.29) is 5.91 Å². The number of carbonyl (C=O) groups is 1. The summed E-state index contributed by atoms with van der Waals surface area (Å²) in [5.41, 5.74) is 2.52. The molecule has 1 heterocycles. The molecule has 3 aromatic rings. The molecule has 0 bridgehead atoms. The fraction of sp³-hybridized carbons (Fsp3) is 0. The number of H-pyrrole nitrogens is 1. The Hall–Kier alpha value is -2.59. The molecule has 2 aromatic carbocycles. The molecule has 0 unspecified atom stereocenters. The molecule has 2 N–H and O–H groups in total. The Morgan fingerprint density at radius 3 is 2.81 bits per heavy atom. The maximum atomic E-state index is 11.9. The number of nitrogens with zero attached hydrogens (tertiary/aromatic N) is 1. The van der Waals surface area contributed by atoms with Gasteiger partial charge in [0.15, 0.2) is 0 Å². The highest BCUT2D eigenvalue weighted by Gasteiger charge is 2.01. The second-order valence-electron chi connectivity index (χ2n) is 4.55. The van der Waals surface area contributed by atoms with Gasteiger partial charge in [-0.05, 0) is 42.0 Å². The number of benzene rings is 2. The van der Waals surface area contributed by atoms with Crippen LogP contribution in [0.25, 0.3) is 17.0 Å². The number of rotatable bonds is 3. The number of aromatic amines is 1. The third-order valence-electron chi connectivity index (χ3n) is 3.01. The number of aromatic nitrogens is 2. The van der Waals surface area contributed by atoms with Crippen LogP contribution in [0.3, 0.4) is 0 Å². The van der Waals surface area contributed by atoms with Gasteiger partial charge in [0.2, 0.25) is 5.91 Å². The lowest BCUT2D eigenvalue weighted by Crippen LogP contribution is -2.07. The molecule has 0 atom stereocenters. The summed E-state index contributed by atoms with van der Waals surface area (Å²) in [4.78, 5) is 11.9. The number of hydrogen-bond donors (Lipinski definition) is 2. The van der Waals surface area contributed by atoms with Crippen molar-refractivity contribution < 1.29 is 4.79 Å². The van der Waals surface area contributed by atoms with E-state index >= 15 is 0 Å². The van der Waals surface area contributed by atoms with Crippen LogP contribution in [0.2, 0.25) is 5.02 Å². The van der Waals surface area contributed by atoms with E-state index in [0.717, 1.165) is 22.2 Å². The average Bonchev–Trinajstić information content (AvgIpc) is 2.94. The zero-order valence-corrected chi connectivity index (χ0v) is 11.8. The van der Waals surface area contributed by atoms with Gasteiger partial charge in [0.1, 0.15) is 0 Å². The minimum Gasteiger partial charge on any atom is -0.322 e. The quantitative estimate of drug-likeness (QED) is 0.721. The molecular weight excluding hydrogens is 286 g/mol. The zero-order valence-electron chi connectivity index (χ0n) is 11.0. The standard InChI is InChI=1S/C16H12ClN3O/c17-13-5-1-11(2-6-13)3-8-16(21)19-14-7-4-12-10-18-20-15(12)9-14/h1-10H,(H,18,20)(H,19,21). The van der Waals surface area contributed by atoms with Gasteiger partial charge in [-0.3, -0.25) is 9.89 Å². The minimum atomic E-state index is -0.191. The normalized spacial score (nSPS) is 11.1. The van der Waals surface area contributed by atoms with Gasteiger partial charge >= 0.3 is 0 Å². The first-order valence-corrected chi connectivity index (χ1v) is 6.76. The summed E-state index contributed by atoms with van der Waals surface area (Å²) in [6.45, 7) is 0. The van der Waals surface area contributed by atoms with Crippen LogP contribution < -0.4 is 5.32 Å². The fourth-order valence-electron chi connectivity index (χ4n) is 1.94. The van der Waals surface area contributed by atoms with E-state index in [1.54, 1.807) is 24.4 Å². The van der Waals surface area contributed by atoms with Gasteiger partial charge in [0.05, 0.1) is 11.7 Å². The third kappa shape index (κ3) is 3.30. The molecule has 0 saturated heterocycles. The van der Waals surface area contributed by atoms with Crippen LogP contribution in [0.5, 0.6) is 0 Å². The van der Waals surface area contributed by atoms with E-state index < -0.39 is 0 Å². The highest BCUT2D eigenvalue weighted by atomic mass is 35.5. The molecule has 5 heteroatoms. The van der Waals surface area contributed by atoms with Gasteiger partial charge in [0.25, 0.3) is 0 Å². The van der Waals surface area contributed by atoms with E-state index in [0.29, 0.717) is 5.02 Å². The van der Waals surface area contributed by atoms with E-state index in [1.807, 2.05) is 30.3 Å². The summed E-state index contributed by atoms with van der Waals surface area (Å²) in [6, 6.07) is 12.8. The van der Waals surface area contributed by atoms with Crippen molar-refractivity contribution in [3.8, 4) is 0 Å². The lowest BCUT2D eigenvalue weighted by Gasteiger charge is -2.01. The second kappa shape index (κ2) is 5.81. The Morgan fingerprint density at radius 2 is 2.00 bits per heavy atom. The van der Waals surface area contributed by atoms with Crippen LogP contribution in [0.15, 0.2) is 54.7 Å². The molecule has 0 saturated carbocycles. The number of amides is 1. The number of anilines is 1. The Balaban J connectivity index is 1.69. The Bertz CT molecular complexity index is 806. The van der Waals surface area contributed by atoms with Crippen LogP contribution in [0.4, 0.5) is 5.69 Å². The van der Waals surface area contributed by atoms with Gasteiger partial charge in [0, 0.05) is 22.2 Å². The van der Waals surface area contributed by atoms with Crippen LogP contribution in [-0.4, -0.2) is 16.1 Å². The molecule has 0 spiro atoms. The van der Waals surface area contributed by atoms with Crippen molar-refractivity contribution in [3.05, 3.63) is 65.3 Å². The van der Waals surface area contributed by atoms with Crippen molar-refractivity contribution >= 4 is 40.2 Å². The van der Waals surface area contributed by atoms with Gasteiger partial charge in [-0.15, -0.1) is 0 Å². The van der Waals surface area contributed by atoms with Crippen molar-refractivity contribution in [2.45, 2.75) is 0 Å². The van der Waals surface area contributed by atoms with Crippen molar-refractivity contribution in [1.82, 2.24) is 10.2 Å². The van der Waals surface area contributed by atoms with Crippen molar-refractivity contribution in [3.63, 3.8) is 0 Å². The van der Waals surface area contributed by atoms with Gasteiger partial charge in [-0.1, -0.05) is 23.7 Å². The molecule has 1 aromatic heterocycles. The molecule has 0 aliphatic heterocycles. The molecule has 0 aliphatic carbocycles. The second-order valence-corrected chi connectivity index (χ2v) is 4.98. The molecule has 21 heavy (non-hydrogen) atoms. The third-order valence-corrected chi connectivity index (χ3v) is 3.26. The fourth-order valence-corrected chi connectivity index (χ4v) is 2.07. The van der Waals surface area contributed by atoms with Crippen molar-refractivity contribution in [1.29, 1.82) is 0 Å². The molecule has 0 radical (unpaired) electrons. The summed E-state index contributed by atoms with van der Waals surface area (Å²) in [5.74, 6) is -0.191. The highest BCUT2D eigenvalue weighted by Crippen LogP contribution is 2.16. The average molecular weight is 298 g/mol. The molecule has 0 fully saturated rings. The molecule has 3 rings (SSSR count). The van der Waals surface area contributed by atoms with E-state index in [2.05, 4.69) is 15.5 Å². The number of fused-ring (bicyclic) bond motifs is 1. The van der Waals surface area contributed by atoms with E-state index in [9.17, 15) is 4.79 Å². The number of halogens is 1. The largest absolute Gasteiger partial charge is 0.322 e. The lowest BCUT2D eigenvalue weighted by atomic mass is 10.2. The first-order chi connectivity index (χ1) is 10.2. The van der Waals surface area contributed by atoms with Crippen LogP contribution in [0, 0.1) is 0 Å². The number of nitrogens with one attached hydrogen (secondary N) is 2. The first kappa shape index (κ1) is 13.4. The maximum absolute atomic E-state index is 11.9. The molecular formula is C16H12ClN3O. The monoisotopic (exact) mass is 297 g/mol. The van der Waals surface area contributed by atoms with Crippen molar-refractivity contribution in [2.24, 2.45) is 0 Å². The Morgan fingerprint density at radius 1 is 1.19 bits per heavy atom. The maximum Gasteiger partial charge on any atom is 0.248 e. The smallest absolute Gasteiger partial charge is 0.248 e. The topological polar surface area (TPSA) is 57.8 Å². The van der Waals surface area contributed by atoms with Crippen LogP contribution >= 0.6 is 11.6 Å². The summed E-state index contributed by atoms with van der Waals surface area (Å²) >= 11 is 5.81. The van der Waals surface area contributed by atoms with Gasteiger partial charge in [-0.25, -0.2) is 0 Å². The summed E-state index contributed by atoms with van der Waals surface area (Å²) in [7, 11) is 0. The lowest BCUT2D eigenvalue weighted by molar-refractivity contribution is -0.111. The summed E-state index contributed by atoms with van der Waals surface area (Å²) in [5, 5.41) is 11.3. The zero-order chi connectivity index (χ0) is 14.7. The summed E-state index contributed by atoms with van der Waals surface area (Å²) < 4.78 is 0. The predicted octanol–water partition coefficient (Wildman–Crippen LogP) is 3.87.